The van der Waals surface area contributed by atoms with E-state index in [1.807, 2.05) is 65.6 Å². The lowest BCUT2D eigenvalue weighted by atomic mass is 9.83. The van der Waals surface area contributed by atoms with Crippen molar-refractivity contribution < 1.29 is 13.2 Å². The van der Waals surface area contributed by atoms with Gasteiger partial charge in [0.05, 0.1) is 4.90 Å². The summed E-state index contributed by atoms with van der Waals surface area (Å²) in [6, 6.07) is 22.5. The fraction of sp³-hybridized carbons (Fsp3) is 0.261. The van der Waals surface area contributed by atoms with Crippen molar-refractivity contribution in [2.24, 2.45) is 5.92 Å². The molecule has 0 N–H and O–H groups in total. The molecular formula is C23H22N2O3S. The summed E-state index contributed by atoms with van der Waals surface area (Å²) in [5, 5.41) is 1.95. The molecule has 3 aromatic rings. The average molecular weight is 407 g/mol. The zero-order chi connectivity index (χ0) is 20.0. The Kier molecular flexibility index (Phi) is 4.41. The second-order valence-corrected chi connectivity index (χ2v) is 9.75. The minimum absolute atomic E-state index is 0.0395. The number of rotatable bonds is 3. The summed E-state index contributed by atoms with van der Waals surface area (Å²) < 4.78 is 28.0. The van der Waals surface area contributed by atoms with Gasteiger partial charge < -0.3 is 4.90 Å². The Morgan fingerprint density at radius 2 is 1.59 bits per heavy atom. The van der Waals surface area contributed by atoms with Gasteiger partial charge in [0.2, 0.25) is 10.0 Å². The number of hydrogen-bond donors (Lipinski definition) is 0. The monoisotopic (exact) mass is 406 g/mol. The molecule has 2 aliphatic heterocycles. The van der Waals surface area contributed by atoms with Crippen LogP contribution in [0, 0.1) is 5.92 Å². The number of likely N-dealkylation sites (tertiary alicyclic amines) is 1. The number of carbonyl (C=O) groups is 1. The molecule has 0 bridgehead atoms. The predicted molar refractivity (Wildman–Crippen MR) is 112 cm³/mol. The molecule has 0 spiro atoms. The fourth-order valence-electron chi connectivity index (χ4n) is 4.50. The van der Waals surface area contributed by atoms with E-state index in [9.17, 15) is 13.2 Å². The molecule has 0 aliphatic carbocycles. The standard InChI is InChI=1S/C23H22N2O3S/c26-23(18-7-2-1-3-8-18)25-16-20-15-24(13-12-22(20)25)29(27,28)21-11-10-17-6-4-5-9-19(17)14-21/h1-11,14,20,22H,12-13,15-16H2/t20-,22-/m1/s1. The molecule has 2 atom stereocenters. The Bertz CT molecular complexity index is 1180. The highest BCUT2D eigenvalue weighted by Gasteiger charge is 2.47. The first-order chi connectivity index (χ1) is 14.0. The van der Waals surface area contributed by atoms with Gasteiger partial charge in [-0.05, 0) is 41.5 Å². The third-order valence-electron chi connectivity index (χ3n) is 6.13. The summed E-state index contributed by atoms with van der Waals surface area (Å²) in [5.41, 5.74) is 0.692. The van der Waals surface area contributed by atoms with Gasteiger partial charge in [-0.25, -0.2) is 8.42 Å². The van der Waals surface area contributed by atoms with E-state index in [0.29, 0.717) is 36.5 Å². The van der Waals surface area contributed by atoms with Crippen LogP contribution in [0.3, 0.4) is 0 Å². The zero-order valence-corrected chi connectivity index (χ0v) is 16.8. The van der Waals surface area contributed by atoms with Crippen LogP contribution in [0.2, 0.25) is 0 Å². The topological polar surface area (TPSA) is 57.7 Å². The van der Waals surface area contributed by atoms with Crippen molar-refractivity contribution in [3.05, 3.63) is 78.4 Å². The average Bonchev–Trinajstić information content (AvgIpc) is 2.74. The highest BCUT2D eigenvalue weighted by Crippen LogP contribution is 2.36. The summed E-state index contributed by atoms with van der Waals surface area (Å²) in [5.74, 6) is 0.240. The lowest BCUT2D eigenvalue weighted by molar-refractivity contribution is -0.0115. The lowest BCUT2D eigenvalue weighted by Crippen LogP contribution is -2.65. The molecule has 5 nitrogen and oxygen atoms in total. The second kappa shape index (κ2) is 6.97. The summed E-state index contributed by atoms with van der Waals surface area (Å²) in [4.78, 5) is 14.9. The zero-order valence-electron chi connectivity index (χ0n) is 15.9. The van der Waals surface area contributed by atoms with Crippen molar-refractivity contribution in [3.8, 4) is 0 Å². The third kappa shape index (κ3) is 3.12. The molecule has 0 unspecified atom stereocenters. The van der Waals surface area contributed by atoms with Crippen LogP contribution in [-0.2, 0) is 10.0 Å². The molecule has 6 heteroatoms. The molecule has 2 aliphatic rings. The van der Waals surface area contributed by atoms with Crippen LogP contribution in [0.1, 0.15) is 16.8 Å². The molecule has 1 amide bonds. The van der Waals surface area contributed by atoms with Gasteiger partial charge in [0, 0.05) is 37.2 Å². The predicted octanol–water partition coefficient (Wildman–Crippen LogP) is 3.38. The molecule has 29 heavy (non-hydrogen) atoms. The quantitative estimate of drug-likeness (QED) is 0.670. The molecule has 0 aromatic heterocycles. The molecule has 0 radical (unpaired) electrons. The molecule has 5 rings (SSSR count). The van der Waals surface area contributed by atoms with E-state index in [0.717, 1.165) is 10.8 Å². The second-order valence-electron chi connectivity index (χ2n) is 7.81. The van der Waals surface area contributed by atoms with Crippen LogP contribution in [0.4, 0.5) is 0 Å². The van der Waals surface area contributed by atoms with Crippen LogP contribution in [0.25, 0.3) is 10.8 Å². The minimum Gasteiger partial charge on any atom is -0.335 e. The van der Waals surface area contributed by atoms with E-state index in [2.05, 4.69) is 0 Å². The Hall–Kier alpha value is -2.70. The van der Waals surface area contributed by atoms with Gasteiger partial charge in [0.1, 0.15) is 0 Å². The Labute approximate surface area is 170 Å². The summed E-state index contributed by atoms with van der Waals surface area (Å²) >= 11 is 0. The third-order valence-corrected chi connectivity index (χ3v) is 7.99. The number of hydrogen-bond acceptors (Lipinski definition) is 3. The number of sulfonamides is 1. The first-order valence-electron chi connectivity index (χ1n) is 9.89. The highest BCUT2D eigenvalue weighted by atomic mass is 32.2. The van der Waals surface area contributed by atoms with E-state index >= 15 is 0 Å². The van der Waals surface area contributed by atoms with Gasteiger partial charge in [0.15, 0.2) is 0 Å². The largest absolute Gasteiger partial charge is 0.335 e. The summed E-state index contributed by atoms with van der Waals surface area (Å²) in [7, 11) is -3.54. The van der Waals surface area contributed by atoms with Gasteiger partial charge >= 0.3 is 0 Å². The van der Waals surface area contributed by atoms with Gasteiger partial charge in [-0.15, -0.1) is 0 Å². The summed E-state index contributed by atoms with van der Waals surface area (Å²) in [6.07, 6.45) is 0.677. The van der Waals surface area contributed by atoms with Crippen LogP contribution in [0.5, 0.6) is 0 Å². The number of piperidine rings is 1. The molecule has 2 saturated heterocycles. The van der Waals surface area contributed by atoms with Gasteiger partial charge in [-0.1, -0.05) is 48.5 Å². The van der Waals surface area contributed by atoms with E-state index in [4.69, 9.17) is 0 Å². The normalized spacial score (nSPS) is 22.1. The van der Waals surface area contributed by atoms with Crippen LogP contribution >= 0.6 is 0 Å². The Morgan fingerprint density at radius 3 is 2.34 bits per heavy atom. The molecule has 2 fully saturated rings. The first-order valence-corrected chi connectivity index (χ1v) is 11.3. The Balaban J connectivity index is 1.32. The van der Waals surface area contributed by atoms with Crippen molar-refractivity contribution in [1.82, 2.24) is 9.21 Å². The fourth-order valence-corrected chi connectivity index (χ4v) is 6.05. The van der Waals surface area contributed by atoms with Gasteiger partial charge in [-0.3, -0.25) is 4.79 Å². The minimum atomic E-state index is -3.54. The number of benzene rings is 3. The van der Waals surface area contributed by atoms with Gasteiger partial charge in [0.25, 0.3) is 5.91 Å². The van der Waals surface area contributed by atoms with E-state index in [1.54, 1.807) is 16.4 Å². The van der Waals surface area contributed by atoms with Crippen molar-refractivity contribution in [2.75, 3.05) is 19.6 Å². The molecular weight excluding hydrogens is 384 g/mol. The maximum atomic E-state index is 13.2. The van der Waals surface area contributed by atoms with Crippen LogP contribution in [-0.4, -0.2) is 49.2 Å². The van der Waals surface area contributed by atoms with E-state index in [-0.39, 0.29) is 17.9 Å². The first kappa shape index (κ1) is 18.3. The van der Waals surface area contributed by atoms with Gasteiger partial charge in [-0.2, -0.15) is 4.31 Å². The van der Waals surface area contributed by atoms with Crippen molar-refractivity contribution in [2.45, 2.75) is 17.4 Å². The molecule has 148 valence electrons. The van der Waals surface area contributed by atoms with Crippen molar-refractivity contribution >= 4 is 26.7 Å². The van der Waals surface area contributed by atoms with Crippen LogP contribution in [0.15, 0.2) is 77.7 Å². The molecule has 0 saturated carbocycles. The van der Waals surface area contributed by atoms with Crippen LogP contribution < -0.4 is 0 Å². The van der Waals surface area contributed by atoms with Crippen molar-refractivity contribution in [1.29, 1.82) is 0 Å². The smallest absolute Gasteiger partial charge is 0.254 e. The van der Waals surface area contributed by atoms with Crippen molar-refractivity contribution in [3.63, 3.8) is 0 Å². The highest BCUT2D eigenvalue weighted by molar-refractivity contribution is 7.89. The molecule has 3 aromatic carbocycles. The SMILES string of the molecule is O=C(c1ccccc1)N1C[C@H]2CN(S(=O)(=O)c3ccc4ccccc4c3)CC[C@H]21. The lowest BCUT2D eigenvalue weighted by Gasteiger charge is -2.52. The maximum absolute atomic E-state index is 13.2. The summed E-state index contributed by atoms with van der Waals surface area (Å²) in [6.45, 7) is 1.52. The number of amides is 1. The molecule has 2 heterocycles. The van der Waals surface area contributed by atoms with E-state index in [1.165, 1.54) is 0 Å². The number of fused-ring (bicyclic) bond motifs is 2. The van der Waals surface area contributed by atoms with E-state index < -0.39 is 10.0 Å². The number of nitrogens with zero attached hydrogens (tertiary/aromatic N) is 2. The Morgan fingerprint density at radius 1 is 0.862 bits per heavy atom. The maximum Gasteiger partial charge on any atom is 0.254 e. The number of carbonyl (C=O) groups excluding carboxylic acids is 1.